The summed E-state index contributed by atoms with van der Waals surface area (Å²) in [6.45, 7) is 9.86. The highest BCUT2D eigenvalue weighted by Gasteiger charge is 2.31. The number of aromatic nitrogens is 4. The van der Waals surface area contributed by atoms with Crippen molar-refractivity contribution in [3.05, 3.63) is 100 Å². The van der Waals surface area contributed by atoms with E-state index in [-0.39, 0.29) is 30.5 Å². The lowest BCUT2D eigenvalue weighted by atomic mass is 9.86. The molecule has 0 aliphatic rings. The number of halogens is 1. The van der Waals surface area contributed by atoms with Gasteiger partial charge in [-0.05, 0) is 35.7 Å². The molecule has 46 heavy (non-hydrogen) atoms. The molecule has 0 spiro atoms. The van der Waals surface area contributed by atoms with Crippen LogP contribution in [-0.2, 0) is 32.3 Å². The zero-order chi connectivity index (χ0) is 33.3. The first-order valence-corrected chi connectivity index (χ1v) is 20.9. The van der Waals surface area contributed by atoms with E-state index in [9.17, 15) is 17.6 Å². The Hall–Kier alpha value is -3.65. The summed E-state index contributed by atoms with van der Waals surface area (Å²) < 4.78 is 59.8. The Labute approximate surface area is 271 Å². The fourth-order valence-corrected chi connectivity index (χ4v) is 6.30. The van der Waals surface area contributed by atoms with Crippen LogP contribution in [0.25, 0.3) is 11.5 Å². The third-order valence-electron chi connectivity index (χ3n) is 7.27. The van der Waals surface area contributed by atoms with Crippen molar-refractivity contribution in [3.63, 3.8) is 0 Å². The number of hydrogen-bond donors (Lipinski definition) is 0. The van der Waals surface area contributed by atoms with Crippen LogP contribution in [0.2, 0.25) is 25.7 Å². The topological polar surface area (TPSA) is 115 Å². The van der Waals surface area contributed by atoms with Crippen LogP contribution in [0.5, 0.6) is 5.75 Å². The first-order valence-electron chi connectivity index (χ1n) is 15.4. The Morgan fingerprint density at radius 1 is 1.00 bits per heavy atom. The number of rotatable bonds is 17. The van der Waals surface area contributed by atoms with E-state index in [1.54, 1.807) is 29.1 Å². The van der Waals surface area contributed by atoms with Gasteiger partial charge in [0.1, 0.15) is 18.7 Å². The highest BCUT2D eigenvalue weighted by atomic mass is 32.2. The molecule has 0 aliphatic heterocycles. The predicted molar refractivity (Wildman–Crippen MR) is 179 cm³/mol. The molecular formula is C33H43FN4O6SSi. The molecule has 0 N–H and O–H groups in total. The van der Waals surface area contributed by atoms with Gasteiger partial charge >= 0.3 is 0 Å². The first-order chi connectivity index (χ1) is 21.8. The number of ether oxygens (including phenoxy) is 2. The highest BCUT2D eigenvalue weighted by Crippen LogP contribution is 2.32. The van der Waals surface area contributed by atoms with Crippen molar-refractivity contribution >= 4 is 18.2 Å². The molecule has 4 rings (SSSR count). The van der Waals surface area contributed by atoms with Crippen molar-refractivity contribution in [1.29, 1.82) is 0 Å². The van der Waals surface area contributed by atoms with Crippen molar-refractivity contribution in [2.75, 3.05) is 19.5 Å². The Balaban J connectivity index is 1.75. The standard InChI is InChI=1S/C33H43FN4O6SSi/c1-6-7-19-43-29-23-38(24-42-20-21-46(3,4)5)36-31(32(29)39)33-35-17-18-37(33)22-28(44-45(2,40)41)30(25-11-9-8-10-12-25)26-13-15-27(34)16-14-26/h8-18,23,28,30H,6-7,19-22,24H2,1-5H3/t28-,30+/m0/s1. The molecule has 10 nitrogen and oxygen atoms in total. The third kappa shape index (κ3) is 10.2. The van der Waals surface area contributed by atoms with Crippen molar-refractivity contribution in [2.45, 2.75) is 70.7 Å². The van der Waals surface area contributed by atoms with E-state index >= 15 is 0 Å². The summed E-state index contributed by atoms with van der Waals surface area (Å²) in [5.41, 5.74) is 1.02. The summed E-state index contributed by atoms with van der Waals surface area (Å²) in [5, 5.41) is 4.58. The second-order valence-corrected chi connectivity index (χ2v) is 19.7. The molecule has 0 saturated heterocycles. The van der Waals surface area contributed by atoms with Crippen LogP contribution in [0, 0.1) is 5.82 Å². The summed E-state index contributed by atoms with van der Waals surface area (Å²) >= 11 is 0. The highest BCUT2D eigenvalue weighted by molar-refractivity contribution is 7.86. The fourth-order valence-electron chi connectivity index (χ4n) is 4.93. The number of benzene rings is 2. The number of imidazole rings is 1. The average molecular weight is 671 g/mol. The quantitative estimate of drug-likeness (QED) is 0.0774. The molecule has 2 atom stereocenters. The van der Waals surface area contributed by atoms with E-state index in [1.807, 2.05) is 37.3 Å². The van der Waals surface area contributed by atoms with Gasteiger partial charge in [0, 0.05) is 33.0 Å². The van der Waals surface area contributed by atoms with Gasteiger partial charge in [0.2, 0.25) is 0 Å². The van der Waals surface area contributed by atoms with Crippen LogP contribution in [-0.4, -0.2) is 61.4 Å². The molecule has 13 heteroatoms. The van der Waals surface area contributed by atoms with Crippen LogP contribution in [0.3, 0.4) is 0 Å². The van der Waals surface area contributed by atoms with Gasteiger partial charge in [-0.25, -0.2) is 14.1 Å². The number of unbranched alkanes of at least 4 members (excludes halogenated alkanes) is 1. The average Bonchev–Trinajstić information content (AvgIpc) is 3.45. The Kier molecular flexibility index (Phi) is 12.1. The van der Waals surface area contributed by atoms with Crippen molar-refractivity contribution < 1.29 is 26.5 Å². The van der Waals surface area contributed by atoms with Gasteiger partial charge in [-0.2, -0.15) is 13.5 Å². The SMILES string of the molecule is CCCCOc1cn(COCC[Si](C)(C)C)nc(-c2nccn2C[C@H](OS(C)(=O)=O)[C@H](c2ccccc2)c2ccc(F)cc2)c1=O. The lowest BCUT2D eigenvalue weighted by molar-refractivity contribution is 0.0767. The van der Waals surface area contributed by atoms with E-state index in [4.69, 9.17) is 13.7 Å². The number of nitrogens with zero attached hydrogens (tertiary/aromatic N) is 4. The van der Waals surface area contributed by atoms with E-state index in [0.29, 0.717) is 18.8 Å². The second kappa shape index (κ2) is 15.8. The summed E-state index contributed by atoms with van der Waals surface area (Å²) in [4.78, 5) is 18.2. The summed E-state index contributed by atoms with van der Waals surface area (Å²) in [6.07, 6.45) is 6.36. The molecule has 0 aliphatic carbocycles. The lowest BCUT2D eigenvalue weighted by Gasteiger charge is -2.28. The molecule has 0 radical (unpaired) electrons. The van der Waals surface area contributed by atoms with Crippen LogP contribution >= 0.6 is 0 Å². The maximum absolute atomic E-state index is 13.9. The molecule has 4 aromatic rings. The smallest absolute Gasteiger partial charge is 0.264 e. The molecule has 0 saturated carbocycles. The molecular weight excluding hydrogens is 628 g/mol. The van der Waals surface area contributed by atoms with Gasteiger partial charge in [0.05, 0.1) is 25.6 Å². The van der Waals surface area contributed by atoms with E-state index in [2.05, 4.69) is 29.7 Å². The van der Waals surface area contributed by atoms with Crippen LogP contribution in [0.1, 0.15) is 36.8 Å². The first kappa shape index (κ1) is 35.2. The van der Waals surface area contributed by atoms with E-state index in [1.165, 1.54) is 23.0 Å². The van der Waals surface area contributed by atoms with E-state index < -0.39 is 41.5 Å². The minimum absolute atomic E-state index is 0.0198. The zero-order valence-corrected chi connectivity index (χ0v) is 28.9. The van der Waals surface area contributed by atoms with Crippen molar-refractivity contribution in [1.82, 2.24) is 19.3 Å². The predicted octanol–water partition coefficient (Wildman–Crippen LogP) is 5.91. The summed E-state index contributed by atoms with van der Waals surface area (Å²) in [7, 11) is -5.26. The molecule has 0 bridgehead atoms. The third-order valence-corrected chi connectivity index (χ3v) is 9.57. The second-order valence-electron chi connectivity index (χ2n) is 12.4. The van der Waals surface area contributed by atoms with Crippen LogP contribution < -0.4 is 10.2 Å². The molecule has 248 valence electrons. The Morgan fingerprint density at radius 2 is 1.70 bits per heavy atom. The lowest BCUT2D eigenvalue weighted by Crippen LogP contribution is -2.31. The van der Waals surface area contributed by atoms with Crippen LogP contribution in [0.15, 0.2) is 78.0 Å². The minimum Gasteiger partial charge on any atom is -0.488 e. The maximum Gasteiger partial charge on any atom is 0.264 e. The monoisotopic (exact) mass is 670 g/mol. The minimum atomic E-state index is -3.95. The van der Waals surface area contributed by atoms with E-state index in [0.717, 1.165) is 30.7 Å². The fraction of sp³-hybridized carbons (Fsp3) is 0.424. The molecule has 2 aromatic carbocycles. The summed E-state index contributed by atoms with van der Waals surface area (Å²) in [5.74, 6) is -0.685. The van der Waals surface area contributed by atoms with Crippen molar-refractivity contribution in [3.8, 4) is 17.3 Å². The van der Waals surface area contributed by atoms with Gasteiger partial charge in [0.25, 0.3) is 15.5 Å². The Morgan fingerprint density at radius 3 is 2.35 bits per heavy atom. The molecule has 2 heterocycles. The largest absolute Gasteiger partial charge is 0.488 e. The number of hydrogen-bond acceptors (Lipinski definition) is 8. The van der Waals surface area contributed by atoms with Crippen LogP contribution in [0.4, 0.5) is 4.39 Å². The molecule has 0 fully saturated rings. The van der Waals surface area contributed by atoms with Gasteiger partial charge in [-0.3, -0.25) is 8.98 Å². The maximum atomic E-state index is 13.9. The normalized spacial score (nSPS) is 13.4. The molecule has 2 aromatic heterocycles. The van der Waals surface area contributed by atoms with Gasteiger partial charge < -0.3 is 14.0 Å². The van der Waals surface area contributed by atoms with Gasteiger partial charge in [0.15, 0.2) is 17.3 Å². The molecule has 0 unspecified atom stereocenters. The Bertz CT molecular complexity index is 1720. The van der Waals surface area contributed by atoms with Gasteiger partial charge in [-0.1, -0.05) is 75.5 Å². The van der Waals surface area contributed by atoms with Crippen molar-refractivity contribution in [2.24, 2.45) is 0 Å². The summed E-state index contributed by atoms with van der Waals surface area (Å²) in [6, 6.07) is 16.1. The van der Waals surface area contributed by atoms with Gasteiger partial charge in [-0.15, -0.1) is 0 Å². The molecule has 0 amide bonds. The zero-order valence-electron chi connectivity index (χ0n) is 27.1.